The van der Waals surface area contributed by atoms with Crippen LogP contribution < -0.4 is 0 Å². The highest BCUT2D eigenvalue weighted by Gasteiger charge is 2.27. The van der Waals surface area contributed by atoms with Gasteiger partial charge in [0.15, 0.2) is 0 Å². The lowest BCUT2D eigenvalue weighted by Crippen LogP contribution is -2.21. The minimum atomic E-state index is -2.31. The van der Waals surface area contributed by atoms with Gasteiger partial charge < -0.3 is 9.72 Å². The van der Waals surface area contributed by atoms with E-state index in [-0.39, 0.29) is 0 Å². The highest BCUT2D eigenvalue weighted by atomic mass is 19.3. The highest BCUT2D eigenvalue weighted by molar-refractivity contribution is 5.80. The molecule has 2 heterocycles. The van der Waals surface area contributed by atoms with E-state index in [1.807, 2.05) is 30.5 Å². The summed E-state index contributed by atoms with van der Waals surface area (Å²) in [5.41, 5.74) is 1.74. The molecule has 1 aromatic heterocycles. The van der Waals surface area contributed by atoms with Gasteiger partial charge in [0.1, 0.15) is 0 Å². The molecule has 0 saturated carbocycles. The molecular weight excluding hydrogens is 260 g/mol. The van der Waals surface area contributed by atoms with Crippen molar-refractivity contribution >= 4 is 10.9 Å². The normalized spacial score (nSPS) is 18.8. The van der Waals surface area contributed by atoms with Crippen LogP contribution in [0.1, 0.15) is 30.7 Å². The van der Waals surface area contributed by atoms with E-state index in [4.69, 9.17) is 4.74 Å². The Bertz CT molecular complexity index is 560. The van der Waals surface area contributed by atoms with Crippen LogP contribution in [0, 0.1) is 5.92 Å². The van der Waals surface area contributed by atoms with Crippen molar-refractivity contribution in [2.75, 3.05) is 13.2 Å². The molecule has 4 heteroatoms. The zero-order chi connectivity index (χ0) is 13.9. The predicted molar refractivity (Wildman–Crippen MR) is 75.2 cm³/mol. The summed E-state index contributed by atoms with van der Waals surface area (Å²) in [7, 11) is 0. The summed E-state index contributed by atoms with van der Waals surface area (Å²) in [6.45, 7) is 1.41. The lowest BCUT2D eigenvalue weighted by molar-refractivity contribution is 0.0455. The zero-order valence-electron chi connectivity index (χ0n) is 11.3. The maximum Gasteiger partial charge on any atom is 0.245 e. The summed E-state index contributed by atoms with van der Waals surface area (Å²) in [6, 6.07) is 7.54. The van der Waals surface area contributed by atoms with Gasteiger partial charge in [0.05, 0.1) is 0 Å². The highest BCUT2D eigenvalue weighted by Crippen LogP contribution is 2.34. The van der Waals surface area contributed by atoms with Crippen molar-refractivity contribution in [2.24, 2.45) is 5.92 Å². The van der Waals surface area contributed by atoms with Crippen LogP contribution in [0.15, 0.2) is 30.5 Å². The molecule has 1 aliphatic heterocycles. The van der Waals surface area contributed by atoms with E-state index in [0.29, 0.717) is 25.6 Å². The van der Waals surface area contributed by atoms with E-state index >= 15 is 0 Å². The number of nitrogens with one attached hydrogen (secondary N) is 1. The molecule has 0 amide bonds. The minimum absolute atomic E-state index is 0.352. The van der Waals surface area contributed by atoms with Crippen LogP contribution in [0.3, 0.4) is 0 Å². The Kier molecular flexibility index (Phi) is 4.01. The van der Waals surface area contributed by atoms with E-state index in [1.54, 1.807) is 0 Å². The van der Waals surface area contributed by atoms with Crippen LogP contribution in [0.4, 0.5) is 8.78 Å². The van der Waals surface area contributed by atoms with Crippen LogP contribution in [-0.4, -0.2) is 24.6 Å². The minimum Gasteiger partial charge on any atom is -0.381 e. The molecule has 0 aliphatic carbocycles. The van der Waals surface area contributed by atoms with Crippen molar-refractivity contribution in [2.45, 2.75) is 31.6 Å². The molecule has 108 valence electrons. The van der Waals surface area contributed by atoms with Gasteiger partial charge in [-0.2, -0.15) is 0 Å². The number of aromatic amines is 1. The fraction of sp³-hybridized carbons (Fsp3) is 0.500. The molecule has 2 nitrogen and oxygen atoms in total. The van der Waals surface area contributed by atoms with E-state index in [1.165, 1.54) is 0 Å². The molecule has 1 fully saturated rings. The number of aromatic nitrogens is 1. The van der Waals surface area contributed by atoms with Crippen molar-refractivity contribution in [3.05, 3.63) is 36.0 Å². The topological polar surface area (TPSA) is 25.0 Å². The number of halogens is 2. The molecule has 2 aromatic rings. The molecular formula is C16H19F2NO. The standard InChI is InChI=1S/C16H19F2NO/c17-16(18)14(9-11-4-7-20-8-5-11)12-1-2-15-13(10-12)3-6-19-15/h1-3,6,10-11,14,16,19H,4-5,7-9H2. The number of ether oxygens (including phenoxy) is 1. The van der Waals surface area contributed by atoms with Crippen molar-refractivity contribution in [1.82, 2.24) is 4.98 Å². The van der Waals surface area contributed by atoms with Gasteiger partial charge in [-0.25, -0.2) is 8.78 Å². The molecule has 1 saturated heterocycles. The van der Waals surface area contributed by atoms with Gasteiger partial charge in [-0.1, -0.05) is 6.07 Å². The monoisotopic (exact) mass is 279 g/mol. The summed E-state index contributed by atoms with van der Waals surface area (Å²) in [4.78, 5) is 3.09. The van der Waals surface area contributed by atoms with Gasteiger partial charge in [-0.15, -0.1) is 0 Å². The largest absolute Gasteiger partial charge is 0.381 e. The Morgan fingerprint density at radius 2 is 2.00 bits per heavy atom. The number of rotatable bonds is 4. The van der Waals surface area contributed by atoms with Crippen LogP contribution in [0.2, 0.25) is 0 Å². The molecule has 0 bridgehead atoms. The summed E-state index contributed by atoms with van der Waals surface area (Å²) in [6.07, 6.45) is 1.88. The average molecular weight is 279 g/mol. The summed E-state index contributed by atoms with van der Waals surface area (Å²) < 4.78 is 32.2. The molecule has 1 aromatic carbocycles. The van der Waals surface area contributed by atoms with Crippen molar-refractivity contribution < 1.29 is 13.5 Å². The smallest absolute Gasteiger partial charge is 0.245 e. The fourth-order valence-corrected chi connectivity index (χ4v) is 3.03. The molecule has 1 aliphatic rings. The molecule has 3 rings (SSSR count). The fourth-order valence-electron chi connectivity index (χ4n) is 3.03. The second kappa shape index (κ2) is 5.92. The number of H-pyrrole nitrogens is 1. The summed E-state index contributed by atoms with van der Waals surface area (Å²) in [5.74, 6) is -0.318. The Balaban J connectivity index is 1.81. The molecule has 0 radical (unpaired) electrons. The SMILES string of the molecule is FC(F)C(CC1CCOCC1)c1ccc2[nH]ccc2c1. The average Bonchev–Trinajstić information content (AvgIpc) is 2.93. The van der Waals surface area contributed by atoms with E-state index in [0.717, 1.165) is 29.3 Å². The van der Waals surface area contributed by atoms with Crippen LogP contribution in [-0.2, 0) is 4.74 Å². The number of hydrogen-bond donors (Lipinski definition) is 1. The summed E-state index contributed by atoms with van der Waals surface area (Å²) >= 11 is 0. The van der Waals surface area contributed by atoms with Crippen molar-refractivity contribution in [1.29, 1.82) is 0 Å². The van der Waals surface area contributed by atoms with Crippen molar-refractivity contribution in [3.63, 3.8) is 0 Å². The molecule has 1 N–H and O–H groups in total. The van der Waals surface area contributed by atoms with Gasteiger partial charge in [0.25, 0.3) is 0 Å². The third-order valence-corrected chi connectivity index (χ3v) is 4.24. The lowest BCUT2D eigenvalue weighted by Gasteiger charge is -2.26. The predicted octanol–water partition coefficient (Wildman–Crippen LogP) is 4.33. The third kappa shape index (κ3) is 2.85. The third-order valence-electron chi connectivity index (χ3n) is 4.24. The maximum atomic E-state index is 13.4. The number of benzene rings is 1. The Morgan fingerprint density at radius 1 is 1.20 bits per heavy atom. The van der Waals surface area contributed by atoms with Crippen molar-refractivity contribution in [3.8, 4) is 0 Å². The summed E-state index contributed by atoms with van der Waals surface area (Å²) in [5, 5.41) is 1.00. The first-order chi connectivity index (χ1) is 9.74. The van der Waals surface area contributed by atoms with Gasteiger partial charge in [-0.3, -0.25) is 0 Å². The first-order valence-electron chi connectivity index (χ1n) is 7.17. The van der Waals surface area contributed by atoms with E-state index in [2.05, 4.69) is 4.98 Å². The van der Waals surface area contributed by atoms with Gasteiger partial charge in [0, 0.05) is 30.8 Å². The van der Waals surface area contributed by atoms with E-state index in [9.17, 15) is 8.78 Å². The number of hydrogen-bond acceptors (Lipinski definition) is 1. The Labute approximate surface area is 117 Å². The van der Waals surface area contributed by atoms with E-state index < -0.39 is 12.3 Å². The van der Waals surface area contributed by atoms with Gasteiger partial charge in [-0.05, 0) is 54.3 Å². The number of alkyl halides is 2. The lowest BCUT2D eigenvalue weighted by atomic mass is 9.85. The van der Waals surface area contributed by atoms with Gasteiger partial charge in [0.2, 0.25) is 6.43 Å². The van der Waals surface area contributed by atoms with Crippen LogP contribution in [0.5, 0.6) is 0 Å². The first-order valence-corrected chi connectivity index (χ1v) is 7.17. The van der Waals surface area contributed by atoms with Gasteiger partial charge >= 0.3 is 0 Å². The Hall–Kier alpha value is -1.42. The Morgan fingerprint density at radius 3 is 2.75 bits per heavy atom. The molecule has 0 spiro atoms. The van der Waals surface area contributed by atoms with Crippen LogP contribution >= 0.6 is 0 Å². The second-order valence-electron chi connectivity index (χ2n) is 5.56. The first kappa shape index (κ1) is 13.6. The second-order valence-corrected chi connectivity index (χ2v) is 5.56. The zero-order valence-corrected chi connectivity index (χ0v) is 11.3. The number of fused-ring (bicyclic) bond motifs is 1. The van der Waals surface area contributed by atoms with Crippen LogP contribution in [0.25, 0.3) is 10.9 Å². The molecule has 20 heavy (non-hydrogen) atoms. The maximum absolute atomic E-state index is 13.4. The molecule has 1 atom stereocenters. The quantitative estimate of drug-likeness (QED) is 0.885. The molecule has 1 unspecified atom stereocenters.